The van der Waals surface area contributed by atoms with Crippen molar-refractivity contribution in [1.82, 2.24) is 9.97 Å². The molecular formula is C11H8ClN3OS. The summed E-state index contributed by atoms with van der Waals surface area (Å²) < 4.78 is 5.00. The number of fused-ring (bicyclic) bond motifs is 1. The molecule has 0 amide bonds. The predicted octanol–water partition coefficient (Wildman–Crippen LogP) is 3.55. The summed E-state index contributed by atoms with van der Waals surface area (Å²) in [5.74, 6) is 0.752. The fourth-order valence-electron chi connectivity index (χ4n) is 1.54. The lowest BCUT2D eigenvalue weighted by Crippen LogP contribution is -2.01. The van der Waals surface area contributed by atoms with Crippen LogP contribution >= 0.6 is 22.9 Å². The number of nitrogens with zero attached hydrogens (tertiary/aromatic N) is 2. The Balaban J connectivity index is 1.91. The van der Waals surface area contributed by atoms with Gasteiger partial charge in [0.1, 0.15) is 10.6 Å². The molecule has 86 valence electrons. The highest BCUT2D eigenvalue weighted by molar-refractivity contribution is 7.16. The van der Waals surface area contributed by atoms with Crippen molar-refractivity contribution in [2.45, 2.75) is 6.54 Å². The van der Waals surface area contributed by atoms with Crippen molar-refractivity contribution in [3.8, 4) is 0 Å². The quantitative estimate of drug-likeness (QED) is 0.736. The number of hydrogen-bond acceptors (Lipinski definition) is 5. The molecule has 0 aliphatic carbocycles. The number of nitrogens with one attached hydrogen (secondary N) is 1. The maximum Gasteiger partial charge on any atom is 0.225 e. The molecule has 6 heteroatoms. The maximum atomic E-state index is 5.87. The zero-order valence-corrected chi connectivity index (χ0v) is 10.3. The molecule has 3 rings (SSSR count). The van der Waals surface area contributed by atoms with Gasteiger partial charge in [0.25, 0.3) is 0 Å². The Labute approximate surface area is 106 Å². The molecule has 3 aromatic heterocycles. The van der Waals surface area contributed by atoms with Gasteiger partial charge in [-0.25, -0.2) is 9.97 Å². The van der Waals surface area contributed by atoms with E-state index in [1.165, 1.54) is 0 Å². The molecule has 0 aromatic carbocycles. The number of aromatic nitrogens is 2. The van der Waals surface area contributed by atoms with Gasteiger partial charge >= 0.3 is 0 Å². The van der Waals surface area contributed by atoms with Gasteiger partial charge in [0, 0.05) is 12.1 Å². The van der Waals surface area contributed by atoms with E-state index in [-0.39, 0.29) is 5.28 Å². The Morgan fingerprint density at radius 1 is 1.35 bits per heavy atom. The molecule has 0 unspecified atom stereocenters. The van der Waals surface area contributed by atoms with Gasteiger partial charge < -0.3 is 9.73 Å². The Hall–Kier alpha value is -1.59. The van der Waals surface area contributed by atoms with Crippen molar-refractivity contribution >= 4 is 39.0 Å². The third-order valence-corrected chi connectivity index (χ3v) is 3.31. The van der Waals surface area contributed by atoms with E-state index < -0.39 is 0 Å². The number of furan rings is 1. The van der Waals surface area contributed by atoms with Crippen LogP contribution in [-0.4, -0.2) is 9.97 Å². The molecule has 3 heterocycles. The topological polar surface area (TPSA) is 51.0 Å². The molecule has 0 aliphatic heterocycles. The Morgan fingerprint density at radius 2 is 2.29 bits per heavy atom. The first-order valence-electron chi connectivity index (χ1n) is 4.98. The van der Waals surface area contributed by atoms with Crippen molar-refractivity contribution in [3.05, 3.63) is 40.9 Å². The monoisotopic (exact) mass is 265 g/mol. The van der Waals surface area contributed by atoms with E-state index in [1.807, 2.05) is 17.5 Å². The van der Waals surface area contributed by atoms with Crippen LogP contribution in [0.4, 0.5) is 5.82 Å². The average molecular weight is 266 g/mol. The summed E-state index contributed by atoms with van der Waals surface area (Å²) in [6.45, 7) is 0.648. The molecule has 3 aromatic rings. The highest BCUT2D eigenvalue weighted by atomic mass is 35.5. The highest BCUT2D eigenvalue weighted by Crippen LogP contribution is 2.26. The Bertz CT molecular complexity index is 635. The van der Waals surface area contributed by atoms with E-state index >= 15 is 0 Å². The van der Waals surface area contributed by atoms with Crippen LogP contribution in [0.5, 0.6) is 0 Å². The third kappa shape index (κ3) is 2.11. The molecule has 0 aliphatic rings. The molecule has 0 spiro atoms. The minimum absolute atomic E-state index is 0.259. The van der Waals surface area contributed by atoms with Crippen molar-refractivity contribution in [2.75, 3.05) is 5.32 Å². The first-order chi connectivity index (χ1) is 8.33. The van der Waals surface area contributed by atoms with Crippen molar-refractivity contribution in [3.63, 3.8) is 0 Å². The average Bonchev–Trinajstić information content (AvgIpc) is 2.95. The summed E-state index contributed by atoms with van der Waals surface area (Å²) in [7, 11) is 0. The second kappa shape index (κ2) is 4.35. The third-order valence-electron chi connectivity index (χ3n) is 2.34. The maximum absolute atomic E-state index is 5.87. The zero-order valence-electron chi connectivity index (χ0n) is 8.68. The molecule has 0 bridgehead atoms. The fraction of sp³-hybridized carbons (Fsp3) is 0.0909. The lowest BCUT2D eigenvalue weighted by Gasteiger charge is -2.05. The number of halogens is 1. The van der Waals surface area contributed by atoms with Gasteiger partial charge in [-0.2, -0.15) is 0 Å². The molecule has 0 saturated heterocycles. The molecular weight excluding hydrogens is 258 g/mol. The lowest BCUT2D eigenvalue weighted by molar-refractivity contribution is 0.564. The number of rotatable bonds is 3. The zero-order chi connectivity index (χ0) is 11.7. The van der Waals surface area contributed by atoms with Gasteiger partial charge in [0.15, 0.2) is 0 Å². The summed E-state index contributed by atoms with van der Waals surface area (Å²) >= 11 is 7.41. The van der Waals surface area contributed by atoms with E-state index in [1.54, 1.807) is 23.9 Å². The second-order valence-corrected chi connectivity index (χ2v) is 4.70. The van der Waals surface area contributed by atoms with Crippen molar-refractivity contribution in [1.29, 1.82) is 0 Å². The minimum atomic E-state index is 0.259. The van der Waals surface area contributed by atoms with Gasteiger partial charge in [-0.1, -0.05) is 0 Å². The van der Waals surface area contributed by atoms with Gasteiger partial charge in [-0.15, -0.1) is 11.3 Å². The van der Waals surface area contributed by atoms with E-state index in [0.29, 0.717) is 6.54 Å². The van der Waals surface area contributed by atoms with Crippen LogP contribution in [0.3, 0.4) is 0 Å². The SMILES string of the molecule is Clc1nc(NCc2ccoc2)c2ccsc2n1. The van der Waals surface area contributed by atoms with Gasteiger partial charge in [-0.3, -0.25) is 0 Å². The second-order valence-electron chi connectivity index (χ2n) is 3.47. The van der Waals surface area contributed by atoms with E-state index in [9.17, 15) is 0 Å². The van der Waals surface area contributed by atoms with E-state index in [0.717, 1.165) is 21.6 Å². The minimum Gasteiger partial charge on any atom is -0.472 e. The molecule has 0 atom stereocenters. The molecule has 0 radical (unpaired) electrons. The van der Waals surface area contributed by atoms with Crippen LogP contribution in [0.25, 0.3) is 10.2 Å². The lowest BCUT2D eigenvalue weighted by atomic mass is 10.3. The standard InChI is InChI=1S/C11H8ClN3OS/c12-11-14-9(8-2-4-17-10(8)15-11)13-5-7-1-3-16-6-7/h1-4,6H,5H2,(H,13,14,15). The predicted molar refractivity (Wildman–Crippen MR) is 68.5 cm³/mol. The van der Waals surface area contributed by atoms with Crippen LogP contribution in [0.15, 0.2) is 34.5 Å². The summed E-state index contributed by atoms with van der Waals surface area (Å²) in [6.07, 6.45) is 3.34. The van der Waals surface area contributed by atoms with E-state index in [4.69, 9.17) is 16.0 Å². The molecule has 4 nitrogen and oxygen atoms in total. The van der Waals surface area contributed by atoms with Crippen molar-refractivity contribution < 1.29 is 4.42 Å². The van der Waals surface area contributed by atoms with Crippen molar-refractivity contribution in [2.24, 2.45) is 0 Å². The van der Waals surface area contributed by atoms with E-state index in [2.05, 4.69) is 15.3 Å². The Kier molecular flexibility index (Phi) is 2.70. The summed E-state index contributed by atoms with van der Waals surface area (Å²) in [6, 6.07) is 3.88. The largest absolute Gasteiger partial charge is 0.472 e. The summed E-state index contributed by atoms with van der Waals surface area (Å²) in [4.78, 5) is 9.24. The molecule has 0 fully saturated rings. The Morgan fingerprint density at radius 3 is 3.12 bits per heavy atom. The van der Waals surface area contributed by atoms with Gasteiger partial charge in [0.2, 0.25) is 5.28 Å². The summed E-state index contributed by atoms with van der Waals surface area (Å²) in [5, 5.41) is 6.45. The smallest absolute Gasteiger partial charge is 0.225 e. The van der Waals surface area contributed by atoms with Crippen LogP contribution in [-0.2, 0) is 6.54 Å². The molecule has 17 heavy (non-hydrogen) atoms. The van der Waals surface area contributed by atoms with Crippen LogP contribution in [0.2, 0.25) is 5.28 Å². The summed E-state index contributed by atoms with van der Waals surface area (Å²) in [5.41, 5.74) is 1.06. The normalized spacial score (nSPS) is 10.9. The van der Waals surface area contributed by atoms with Crippen LogP contribution < -0.4 is 5.32 Å². The highest BCUT2D eigenvalue weighted by Gasteiger charge is 2.07. The number of hydrogen-bond donors (Lipinski definition) is 1. The first kappa shape index (κ1) is 10.6. The van der Waals surface area contributed by atoms with Crippen LogP contribution in [0, 0.1) is 0 Å². The fourth-order valence-corrected chi connectivity index (χ4v) is 2.53. The number of thiophene rings is 1. The van der Waals surface area contributed by atoms with Gasteiger partial charge in [-0.05, 0) is 29.1 Å². The first-order valence-corrected chi connectivity index (χ1v) is 6.24. The van der Waals surface area contributed by atoms with Gasteiger partial charge in [0.05, 0.1) is 17.9 Å². The molecule has 0 saturated carbocycles. The molecule has 1 N–H and O–H groups in total. The van der Waals surface area contributed by atoms with Crippen LogP contribution in [0.1, 0.15) is 5.56 Å². The number of anilines is 1.